The Balaban J connectivity index is 2.90. The third-order valence-electron chi connectivity index (χ3n) is 1.77. The third-order valence-corrected chi connectivity index (χ3v) is 2.86. The van der Waals surface area contributed by atoms with E-state index in [4.69, 9.17) is 5.26 Å². The first-order valence-corrected chi connectivity index (χ1v) is 5.13. The number of aryl methyl sites for hydroxylation is 1. The van der Waals surface area contributed by atoms with Crippen molar-refractivity contribution >= 4 is 11.8 Å². The van der Waals surface area contributed by atoms with Crippen molar-refractivity contribution in [3.8, 4) is 6.07 Å². The van der Waals surface area contributed by atoms with Gasteiger partial charge in [0.05, 0.1) is 6.07 Å². The summed E-state index contributed by atoms with van der Waals surface area (Å²) < 4.78 is 12.5. The molecule has 0 N–H and O–H groups in total. The number of hydrogen-bond donors (Lipinski definition) is 0. The third kappa shape index (κ3) is 2.74. The molecule has 0 amide bonds. The van der Waals surface area contributed by atoms with Crippen molar-refractivity contribution in [1.82, 2.24) is 0 Å². The fourth-order valence-electron chi connectivity index (χ4n) is 0.998. The van der Waals surface area contributed by atoms with Crippen LogP contribution in [0.25, 0.3) is 0 Å². The van der Waals surface area contributed by atoms with E-state index < -0.39 is 4.75 Å². The van der Waals surface area contributed by atoms with Gasteiger partial charge in [0.1, 0.15) is 10.6 Å². The SMILES string of the molecule is Cc1cc(SC(C)(C)C#N)ccc1F. The fraction of sp³-hybridized carbons (Fsp3) is 0.364. The molecule has 0 bridgehead atoms. The van der Waals surface area contributed by atoms with Crippen LogP contribution in [0.15, 0.2) is 23.1 Å². The molecule has 0 saturated carbocycles. The maximum absolute atomic E-state index is 12.9. The number of nitrogens with zero attached hydrogens (tertiary/aromatic N) is 1. The Morgan fingerprint density at radius 3 is 2.57 bits per heavy atom. The van der Waals surface area contributed by atoms with Crippen LogP contribution in [-0.4, -0.2) is 4.75 Å². The average molecular weight is 209 g/mol. The van der Waals surface area contributed by atoms with E-state index in [0.717, 1.165) is 4.90 Å². The first-order valence-electron chi connectivity index (χ1n) is 4.31. The second-order valence-corrected chi connectivity index (χ2v) is 5.33. The molecule has 1 nitrogen and oxygen atoms in total. The summed E-state index contributed by atoms with van der Waals surface area (Å²) in [5.74, 6) is -0.205. The molecule has 0 aliphatic heterocycles. The lowest BCUT2D eigenvalue weighted by molar-refractivity contribution is 0.617. The lowest BCUT2D eigenvalue weighted by Crippen LogP contribution is -2.09. The van der Waals surface area contributed by atoms with Gasteiger partial charge in [-0.1, -0.05) is 0 Å². The van der Waals surface area contributed by atoms with E-state index in [1.165, 1.54) is 17.8 Å². The first-order chi connectivity index (χ1) is 6.44. The van der Waals surface area contributed by atoms with Gasteiger partial charge in [0.15, 0.2) is 0 Å². The highest BCUT2D eigenvalue weighted by Crippen LogP contribution is 2.32. The van der Waals surface area contributed by atoms with E-state index in [-0.39, 0.29) is 5.82 Å². The summed E-state index contributed by atoms with van der Waals surface area (Å²) in [6.45, 7) is 5.41. The number of halogens is 1. The molecule has 0 heterocycles. The summed E-state index contributed by atoms with van der Waals surface area (Å²) in [6.07, 6.45) is 0. The number of nitriles is 1. The summed E-state index contributed by atoms with van der Waals surface area (Å²) in [5.41, 5.74) is 0.615. The molecule has 0 saturated heterocycles. The zero-order valence-electron chi connectivity index (χ0n) is 8.47. The summed E-state index contributed by atoms with van der Waals surface area (Å²) in [4.78, 5) is 0.926. The van der Waals surface area contributed by atoms with Crippen molar-refractivity contribution in [1.29, 1.82) is 5.26 Å². The van der Waals surface area contributed by atoms with Gasteiger partial charge in [0, 0.05) is 4.90 Å². The Labute approximate surface area is 87.9 Å². The largest absolute Gasteiger partial charge is 0.207 e. The van der Waals surface area contributed by atoms with Crippen molar-refractivity contribution in [2.75, 3.05) is 0 Å². The Hall–Kier alpha value is -1.01. The van der Waals surface area contributed by atoms with Gasteiger partial charge in [-0.3, -0.25) is 0 Å². The van der Waals surface area contributed by atoms with E-state index in [1.807, 2.05) is 13.8 Å². The monoisotopic (exact) mass is 209 g/mol. The zero-order chi connectivity index (χ0) is 10.8. The molecule has 0 atom stereocenters. The van der Waals surface area contributed by atoms with Crippen LogP contribution in [0.5, 0.6) is 0 Å². The summed E-state index contributed by atoms with van der Waals surface area (Å²) in [6, 6.07) is 7.09. The lowest BCUT2D eigenvalue weighted by atomic mass is 10.2. The molecular formula is C11H12FNS. The summed E-state index contributed by atoms with van der Waals surface area (Å²) in [7, 11) is 0. The van der Waals surface area contributed by atoms with Crippen LogP contribution in [0.3, 0.4) is 0 Å². The lowest BCUT2D eigenvalue weighted by Gasteiger charge is -2.14. The maximum Gasteiger partial charge on any atom is 0.126 e. The Morgan fingerprint density at radius 2 is 2.07 bits per heavy atom. The standard InChI is InChI=1S/C11H12FNS/c1-8-6-9(4-5-10(8)12)14-11(2,3)7-13/h4-6H,1-3H3. The predicted octanol–water partition coefficient (Wildman–Crippen LogP) is 3.53. The van der Waals surface area contributed by atoms with E-state index in [9.17, 15) is 4.39 Å². The van der Waals surface area contributed by atoms with Crippen molar-refractivity contribution < 1.29 is 4.39 Å². The smallest absolute Gasteiger partial charge is 0.126 e. The van der Waals surface area contributed by atoms with Gasteiger partial charge < -0.3 is 0 Å². The minimum absolute atomic E-state index is 0.205. The summed E-state index contributed by atoms with van der Waals surface area (Å²) in [5, 5.41) is 8.83. The van der Waals surface area contributed by atoms with Crippen molar-refractivity contribution in [2.45, 2.75) is 30.4 Å². The van der Waals surface area contributed by atoms with Crippen LogP contribution in [0, 0.1) is 24.1 Å². The van der Waals surface area contributed by atoms with Crippen molar-refractivity contribution in [3.05, 3.63) is 29.6 Å². The van der Waals surface area contributed by atoms with E-state index in [2.05, 4.69) is 6.07 Å². The Morgan fingerprint density at radius 1 is 1.43 bits per heavy atom. The highest BCUT2D eigenvalue weighted by molar-refractivity contribution is 8.00. The highest BCUT2D eigenvalue weighted by atomic mass is 32.2. The zero-order valence-corrected chi connectivity index (χ0v) is 9.28. The van der Waals surface area contributed by atoms with Gasteiger partial charge in [0.2, 0.25) is 0 Å². The number of thioether (sulfide) groups is 1. The normalized spacial score (nSPS) is 11.1. The molecule has 1 rings (SSSR count). The van der Waals surface area contributed by atoms with Gasteiger partial charge in [0.25, 0.3) is 0 Å². The fourth-order valence-corrected chi connectivity index (χ4v) is 2.00. The number of rotatable bonds is 2. The van der Waals surface area contributed by atoms with Crippen LogP contribution < -0.4 is 0 Å². The molecule has 74 valence electrons. The molecule has 1 aromatic carbocycles. The van der Waals surface area contributed by atoms with Crippen molar-refractivity contribution in [3.63, 3.8) is 0 Å². The Kier molecular flexibility index (Phi) is 3.17. The maximum atomic E-state index is 12.9. The molecule has 0 aliphatic rings. The van der Waals surface area contributed by atoms with E-state index in [0.29, 0.717) is 5.56 Å². The molecule has 14 heavy (non-hydrogen) atoms. The quantitative estimate of drug-likeness (QED) is 0.696. The number of hydrogen-bond acceptors (Lipinski definition) is 2. The predicted molar refractivity (Wildman–Crippen MR) is 56.7 cm³/mol. The molecule has 0 spiro atoms. The van der Waals surface area contributed by atoms with Gasteiger partial charge in [-0.25, -0.2) is 4.39 Å². The minimum Gasteiger partial charge on any atom is -0.207 e. The van der Waals surface area contributed by atoms with Gasteiger partial charge in [-0.15, -0.1) is 11.8 Å². The molecule has 1 aromatic rings. The molecule has 0 aromatic heterocycles. The topological polar surface area (TPSA) is 23.8 Å². The Bertz CT molecular complexity index is 379. The van der Waals surface area contributed by atoms with Gasteiger partial charge in [-0.05, 0) is 44.5 Å². The van der Waals surface area contributed by atoms with E-state index in [1.54, 1.807) is 19.1 Å². The molecule has 3 heteroatoms. The molecule has 0 unspecified atom stereocenters. The van der Waals surface area contributed by atoms with Crippen LogP contribution in [0.1, 0.15) is 19.4 Å². The van der Waals surface area contributed by atoms with Crippen LogP contribution in [0.2, 0.25) is 0 Å². The number of benzene rings is 1. The van der Waals surface area contributed by atoms with Crippen LogP contribution >= 0.6 is 11.8 Å². The van der Waals surface area contributed by atoms with Crippen LogP contribution in [-0.2, 0) is 0 Å². The molecular weight excluding hydrogens is 197 g/mol. The van der Waals surface area contributed by atoms with E-state index >= 15 is 0 Å². The summed E-state index contributed by atoms with van der Waals surface area (Å²) >= 11 is 1.44. The second-order valence-electron chi connectivity index (χ2n) is 3.64. The van der Waals surface area contributed by atoms with Gasteiger partial charge >= 0.3 is 0 Å². The van der Waals surface area contributed by atoms with Gasteiger partial charge in [-0.2, -0.15) is 5.26 Å². The second kappa shape index (κ2) is 4.02. The molecule has 0 fully saturated rings. The van der Waals surface area contributed by atoms with Crippen molar-refractivity contribution in [2.24, 2.45) is 0 Å². The molecule has 0 aliphatic carbocycles. The molecule has 0 radical (unpaired) electrons. The van der Waals surface area contributed by atoms with Crippen LogP contribution in [0.4, 0.5) is 4.39 Å². The average Bonchev–Trinajstić information content (AvgIpc) is 2.11. The minimum atomic E-state index is -0.468. The highest BCUT2D eigenvalue weighted by Gasteiger charge is 2.18. The first kappa shape index (κ1) is 11.1.